The summed E-state index contributed by atoms with van der Waals surface area (Å²) in [7, 11) is -4.20. The van der Waals surface area contributed by atoms with Crippen molar-refractivity contribution in [3.8, 4) is 0 Å². The number of hydrogen-bond acceptors (Lipinski definition) is 3. The van der Waals surface area contributed by atoms with Crippen molar-refractivity contribution in [1.82, 2.24) is 4.31 Å². The Morgan fingerprint density at radius 2 is 1.62 bits per heavy atom. The maximum atomic E-state index is 13.6. The molecule has 0 amide bonds. The number of nitrogens with zero attached hydrogens (tertiary/aromatic N) is 1. The summed E-state index contributed by atoms with van der Waals surface area (Å²) < 4.78 is 66.5. The zero-order valence-corrected chi connectivity index (χ0v) is 14.3. The molecule has 2 atom stereocenters. The highest BCUT2D eigenvalue weighted by Crippen LogP contribution is 2.58. The number of hydrogen-bond donors (Lipinski definition) is 0. The zero-order chi connectivity index (χ0) is 17.6. The molecule has 3 rings (SSSR count). The summed E-state index contributed by atoms with van der Waals surface area (Å²) >= 11 is 0.518. The first kappa shape index (κ1) is 17.3. The molecule has 2 aromatic rings. The van der Waals surface area contributed by atoms with Crippen molar-refractivity contribution >= 4 is 21.8 Å². The molecule has 0 aromatic heterocycles. The zero-order valence-electron chi connectivity index (χ0n) is 12.6. The molecule has 0 bridgehead atoms. The van der Waals surface area contributed by atoms with E-state index in [9.17, 15) is 21.6 Å². The number of thioether (sulfide) groups is 1. The highest BCUT2D eigenvalue weighted by molar-refractivity contribution is 8.02. The van der Waals surface area contributed by atoms with Gasteiger partial charge in [0.1, 0.15) is 0 Å². The number of alkyl halides is 3. The third-order valence-corrected chi connectivity index (χ3v) is 7.17. The number of aryl methyl sites for hydroxylation is 1. The van der Waals surface area contributed by atoms with Crippen LogP contribution in [-0.2, 0) is 10.0 Å². The Balaban J connectivity index is 1.95. The molecule has 1 aliphatic rings. The molecule has 1 aliphatic heterocycles. The third-order valence-electron chi connectivity index (χ3n) is 3.74. The Morgan fingerprint density at radius 3 is 2.17 bits per heavy atom. The second-order valence-corrected chi connectivity index (χ2v) is 8.74. The number of halogens is 3. The van der Waals surface area contributed by atoms with E-state index in [4.69, 9.17) is 0 Å². The van der Waals surface area contributed by atoms with Crippen LogP contribution >= 0.6 is 11.8 Å². The quantitative estimate of drug-likeness (QED) is 0.759. The van der Waals surface area contributed by atoms with Crippen LogP contribution in [0.2, 0.25) is 0 Å². The largest absolute Gasteiger partial charge is 0.418 e. The SMILES string of the molecule is Cc1ccc(S(=O)(=O)N2C[C@]2(Sc2ccccc2)C(F)(F)F)cc1. The minimum Gasteiger partial charge on any atom is -0.207 e. The first-order chi connectivity index (χ1) is 11.2. The molecule has 0 N–H and O–H groups in total. The Kier molecular flexibility index (Phi) is 4.17. The van der Waals surface area contributed by atoms with Gasteiger partial charge in [-0.3, -0.25) is 0 Å². The van der Waals surface area contributed by atoms with Crippen LogP contribution in [0.5, 0.6) is 0 Å². The van der Waals surface area contributed by atoms with E-state index in [1.54, 1.807) is 37.3 Å². The van der Waals surface area contributed by atoms with E-state index in [2.05, 4.69) is 0 Å². The topological polar surface area (TPSA) is 37.1 Å². The standard InChI is InChI=1S/C16H14F3NO2S2/c1-12-7-9-14(10-8-12)24(21,22)20-11-15(20,16(17,18)19)23-13-5-3-2-4-6-13/h2-10H,11H2,1H3/t15-,20?/m0/s1. The second-order valence-electron chi connectivity index (χ2n) is 5.52. The Bertz CT molecular complexity index is 836. The van der Waals surface area contributed by atoms with Gasteiger partial charge in [-0.2, -0.15) is 17.5 Å². The molecule has 0 aliphatic carbocycles. The van der Waals surface area contributed by atoms with Gasteiger partial charge in [0.2, 0.25) is 10.0 Å². The average molecular weight is 373 g/mol. The molecular formula is C16H14F3NO2S2. The fourth-order valence-corrected chi connectivity index (χ4v) is 5.50. The van der Waals surface area contributed by atoms with Crippen molar-refractivity contribution in [3.05, 3.63) is 60.2 Å². The summed E-state index contributed by atoms with van der Waals surface area (Å²) in [5.41, 5.74) is 0.834. The molecule has 1 heterocycles. The van der Waals surface area contributed by atoms with Crippen molar-refractivity contribution in [3.63, 3.8) is 0 Å². The molecule has 1 unspecified atom stereocenters. The van der Waals surface area contributed by atoms with Gasteiger partial charge in [-0.25, -0.2) is 8.42 Å². The third kappa shape index (κ3) is 2.94. The van der Waals surface area contributed by atoms with Gasteiger partial charge in [-0.05, 0) is 31.2 Å². The lowest BCUT2D eigenvalue weighted by molar-refractivity contribution is -0.141. The van der Waals surface area contributed by atoms with Crippen molar-refractivity contribution in [2.75, 3.05) is 6.54 Å². The molecule has 3 nitrogen and oxygen atoms in total. The fraction of sp³-hybridized carbons (Fsp3) is 0.250. The number of rotatable bonds is 4. The van der Waals surface area contributed by atoms with Gasteiger partial charge in [0.05, 0.1) is 11.4 Å². The molecule has 0 radical (unpaired) electrons. The molecule has 128 valence electrons. The molecule has 1 saturated heterocycles. The van der Waals surface area contributed by atoms with Crippen LogP contribution in [0.15, 0.2) is 64.4 Å². The van der Waals surface area contributed by atoms with Gasteiger partial charge >= 0.3 is 6.18 Å². The van der Waals surface area contributed by atoms with E-state index < -0.39 is 27.6 Å². The van der Waals surface area contributed by atoms with E-state index >= 15 is 0 Å². The fourth-order valence-electron chi connectivity index (χ4n) is 2.33. The predicted octanol–water partition coefficient (Wildman–Crippen LogP) is 4.05. The van der Waals surface area contributed by atoms with Crippen molar-refractivity contribution in [2.45, 2.75) is 27.8 Å². The van der Waals surface area contributed by atoms with Gasteiger partial charge in [0.25, 0.3) is 0 Å². The van der Waals surface area contributed by atoms with Gasteiger partial charge in [-0.15, -0.1) is 0 Å². The van der Waals surface area contributed by atoms with Gasteiger partial charge in [0, 0.05) is 4.90 Å². The summed E-state index contributed by atoms with van der Waals surface area (Å²) in [6.07, 6.45) is -4.68. The van der Waals surface area contributed by atoms with Crippen LogP contribution in [0.4, 0.5) is 13.2 Å². The smallest absolute Gasteiger partial charge is 0.207 e. The highest BCUT2D eigenvalue weighted by Gasteiger charge is 2.74. The maximum absolute atomic E-state index is 13.6. The van der Waals surface area contributed by atoms with E-state index in [1.807, 2.05) is 0 Å². The van der Waals surface area contributed by atoms with Crippen LogP contribution in [0.1, 0.15) is 5.56 Å². The van der Waals surface area contributed by atoms with Crippen LogP contribution in [0.3, 0.4) is 0 Å². The first-order valence-electron chi connectivity index (χ1n) is 7.07. The lowest BCUT2D eigenvalue weighted by Crippen LogP contribution is -2.35. The highest BCUT2D eigenvalue weighted by atomic mass is 32.2. The van der Waals surface area contributed by atoms with E-state index in [0.717, 1.165) is 5.56 Å². The minimum atomic E-state index is -4.68. The van der Waals surface area contributed by atoms with E-state index in [0.29, 0.717) is 21.0 Å². The molecule has 0 saturated carbocycles. The van der Waals surface area contributed by atoms with Gasteiger partial charge in [0.15, 0.2) is 4.87 Å². The molecular weight excluding hydrogens is 359 g/mol. The summed E-state index contributed by atoms with van der Waals surface area (Å²) in [5, 5.41) is 0. The summed E-state index contributed by atoms with van der Waals surface area (Å²) in [6, 6.07) is 13.8. The monoisotopic (exact) mass is 373 g/mol. The normalized spacial score (nSPS) is 23.9. The molecule has 24 heavy (non-hydrogen) atoms. The molecule has 2 aromatic carbocycles. The Hall–Kier alpha value is -1.51. The average Bonchev–Trinajstić information content (AvgIpc) is 3.25. The van der Waals surface area contributed by atoms with Crippen LogP contribution in [0.25, 0.3) is 0 Å². The lowest BCUT2D eigenvalue weighted by atomic mass is 10.2. The van der Waals surface area contributed by atoms with Crippen molar-refractivity contribution < 1.29 is 21.6 Å². The maximum Gasteiger partial charge on any atom is 0.418 e. The Labute approximate surface area is 142 Å². The first-order valence-corrected chi connectivity index (χ1v) is 9.33. The van der Waals surface area contributed by atoms with Gasteiger partial charge < -0.3 is 0 Å². The van der Waals surface area contributed by atoms with Crippen LogP contribution in [-0.4, -0.2) is 30.3 Å². The van der Waals surface area contributed by atoms with E-state index in [-0.39, 0.29) is 4.90 Å². The van der Waals surface area contributed by atoms with Crippen molar-refractivity contribution in [1.29, 1.82) is 0 Å². The molecule has 8 heteroatoms. The van der Waals surface area contributed by atoms with E-state index in [1.165, 1.54) is 24.3 Å². The summed E-state index contributed by atoms with van der Waals surface area (Å²) in [5.74, 6) is 0. The lowest BCUT2D eigenvalue weighted by Gasteiger charge is -2.20. The predicted molar refractivity (Wildman–Crippen MR) is 86.2 cm³/mol. The Morgan fingerprint density at radius 1 is 1.04 bits per heavy atom. The van der Waals surface area contributed by atoms with Crippen LogP contribution in [0, 0.1) is 6.92 Å². The van der Waals surface area contributed by atoms with Gasteiger partial charge in [-0.1, -0.05) is 47.7 Å². The molecule has 1 fully saturated rings. The minimum absolute atomic E-state index is 0.132. The summed E-state index contributed by atoms with van der Waals surface area (Å²) in [6.45, 7) is 1.19. The van der Waals surface area contributed by atoms with Crippen molar-refractivity contribution in [2.24, 2.45) is 0 Å². The number of sulfonamides is 1. The van der Waals surface area contributed by atoms with Crippen LogP contribution < -0.4 is 0 Å². The second kappa shape index (κ2) is 5.79. The number of benzene rings is 2. The summed E-state index contributed by atoms with van der Waals surface area (Å²) in [4.78, 5) is -2.21. The molecule has 0 spiro atoms.